The molecule has 0 unspecified atom stereocenters. The molecule has 0 aromatic carbocycles. The van der Waals surface area contributed by atoms with Gasteiger partial charge in [-0.1, -0.05) is 16.9 Å². The minimum Gasteiger partial charge on any atom is -1.00 e. The van der Waals surface area contributed by atoms with Crippen molar-refractivity contribution in [2.75, 3.05) is 6.54 Å². The lowest BCUT2D eigenvalue weighted by atomic mass is 10.8. The summed E-state index contributed by atoms with van der Waals surface area (Å²) >= 11 is 0. The molecule has 0 saturated carbocycles. The average Bonchev–Trinajstić information content (AvgIpc) is 1.91. The predicted octanol–water partition coefficient (Wildman–Crippen LogP) is -3.73. The van der Waals surface area contributed by atoms with E-state index >= 15 is 0 Å². The Morgan fingerprint density at radius 1 is 1.36 bits per heavy atom. The summed E-state index contributed by atoms with van der Waals surface area (Å²) in [5, 5.41) is 0. The molecule has 4 nitrogen and oxygen atoms in total. The van der Waals surface area contributed by atoms with Crippen LogP contribution in [0.2, 0.25) is 0 Å². The van der Waals surface area contributed by atoms with Gasteiger partial charge in [0.1, 0.15) is 0 Å². The molecule has 5 heteroatoms. The van der Waals surface area contributed by atoms with Gasteiger partial charge in [-0.3, -0.25) is 0 Å². The third-order valence-corrected chi connectivity index (χ3v) is 0.631. The first-order chi connectivity index (χ1) is 4.81. The molecule has 0 aliphatic carbocycles. The zero-order valence-electron chi connectivity index (χ0n) is 6.74. The molecular formula is C6H13IN4. The molecule has 0 bridgehead atoms. The van der Waals surface area contributed by atoms with Crippen LogP contribution in [0, 0.1) is 0 Å². The summed E-state index contributed by atoms with van der Waals surface area (Å²) < 4.78 is 1.78. The van der Waals surface area contributed by atoms with Crippen molar-refractivity contribution in [3.8, 4) is 0 Å². The molecule has 1 heterocycles. The molecule has 1 aromatic heterocycles. The van der Waals surface area contributed by atoms with E-state index in [9.17, 15) is 0 Å². The van der Waals surface area contributed by atoms with Gasteiger partial charge in [-0.2, -0.15) is 0 Å². The van der Waals surface area contributed by atoms with Crippen LogP contribution in [0.5, 0.6) is 0 Å². The van der Waals surface area contributed by atoms with Gasteiger partial charge in [-0.15, -0.1) is 0 Å². The average molecular weight is 268 g/mol. The maximum absolute atomic E-state index is 4.85. The third kappa shape index (κ3) is 9.70. The van der Waals surface area contributed by atoms with E-state index in [1.54, 1.807) is 17.2 Å². The van der Waals surface area contributed by atoms with Crippen LogP contribution < -0.4 is 34.3 Å². The van der Waals surface area contributed by atoms with Crippen molar-refractivity contribution >= 4 is 0 Å². The smallest absolute Gasteiger partial charge is 0.263 e. The highest BCUT2D eigenvalue weighted by molar-refractivity contribution is 4.41. The Morgan fingerprint density at radius 3 is 1.91 bits per heavy atom. The lowest BCUT2D eigenvalue weighted by Crippen LogP contribution is -3.00. The van der Waals surface area contributed by atoms with Gasteiger partial charge in [-0.25, -0.2) is 4.57 Å². The number of hydrogen-bond donors (Lipinski definition) is 1. The van der Waals surface area contributed by atoms with E-state index in [0.29, 0.717) is 0 Å². The second kappa shape index (κ2) is 9.70. The van der Waals surface area contributed by atoms with E-state index in [-0.39, 0.29) is 24.0 Å². The Bertz CT molecular complexity index is 156. The monoisotopic (exact) mass is 268 g/mol. The highest BCUT2D eigenvalue weighted by Crippen LogP contribution is 1.55. The van der Waals surface area contributed by atoms with Crippen LogP contribution in [0.25, 0.3) is 0 Å². The summed E-state index contributed by atoms with van der Waals surface area (Å²) in [6.45, 7) is 2.65. The van der Waals surface area contributed by atoms with Crippen LogP contribution in [-0.4, -0.2) is 16.5 Å². The van der Waals surface area contributed by atoms with Crippen LogP contribution in [0.15, 0.2) is 19.0 Å². The number of rotatable bonds is 0. The van der Waals surface area contributed by atoms with Crippen molar-refractivity contribution in [1.29, 1.82) is 0 Å². The Kier molecular flexibility index (Phi) is 11.7. The first-order valence-electron chi connectivity index (χ1n) is 3.11. The lowest BCUT2D eigenvalue weighted by Gasteiger charge is -1.77. The Hall–Kier alpha value is -0.300. The summed E-state index contributed by atoms with van der Waals surface area (Å²) in [5.41, 5.74) is 4.85. The molecule has 1 rings (SSSR count). The van der Waals surface area contributed by atoms with Gasteiger partial charge in [0, 0.05) is 0 Å². The van der Waals surface area contributed by atoms with Gasteiger partial charge in [0.15, 0.2) is 0 Å². The number of hydrogen-bond acceptors (Lipinski definition) is 3. The second-order valence-electron chi connectivity index (χ2n) is 1.72. The summed E-state index contributed by atoms with van der Waals surface area (Å²) in [6, 6.07) is 0. The van der Waals surface area contributed by atoms with E-state index in [0.717, 1.165) is 6.54 Å². The fraction of sp³-hybridized carbons (Fsp3) is 0.500. The molecule has 0 amide bonds. The van der Waals surface area contributed by atoms with Gasteiger partial charge in [0.2, 0.25) is 12.7 Å². The molecule has 0 aliphatic rings. The molecule has 0 aliphatic heterocycles. The largest absolute Gasteiger partial charge is 1.00 e. The van der Waals surface area contributed by atoms with Gasteiger partial charge < -0.3 is 29.7 Å². The number of aromatic nitrogens is 3. The SMILES string of the molecule is CCN.C[n+]1cncnc1.[I-]. The summed E-state index contributed by atoms with van der Waals surface area (Å²) in [7, 11) is 1.88. The standard InChI is InChI=1S/C4H6N3.C2H7N.HI/c1-7-3-5-2-6-4-7;1-2-3;/h2-4H,1H3;2-3H2,1H3;1H/q+1;;/p-1. The molecule has 0 spiro atoms. The topological polar surface area (TPSA) is 55.7 Å². The highest BCUT2D eigenvalue weighted by Gasteiger charge is 1.80. The molecule has 0 saturated heterocycles. The quantitative estimate of drug-likeness (QED) is 0.389. The second-order valence-corrected chi connectivity index (χ2v) is 1.72. The molecule has 11 heavy (non-hydrogen) atoms. The van der Waals surface area contributed by atoms with E-state index < -0.39 is 0 Å². The Balaban J connectivity index is 0. The van der Waals surface area contributed by atoms with Crippen LogP contribution >= 0.6 is 0 Å². The molecule has 0 radical (unpaired) electrons. The molecule has 0 atom stereocenters. The normalized spacial score (nSPS) is 7.18. The van der Waals surface area contributed by atoms with Crippen LogP contribution in [0.3, 0.4) is 0 Å². The van der Waals surface area contributed by atoms with E-state index in [4.69, 9.17) is 5.73 Å². The summed E-state index contributed by atoms with van der Waals surface area (Å²) in [6.07, 6.45) is 4.88. The highest BCUT2D eigenvalue weighted by atomic mass is 127. The van der Waals surface area contributed by atoms with Crippen molar-refractivity contribution in [2.24, 2.45) is 12.8 Å². The van der Waals surface area contributed by atoms with Crippen molar-refractivity contribution in [3.05, 3.63) is 19.0 Å². The lowest BCUT2D eigenvalue weighted by molar-refractivity contribution is -0.677. The molecule has 2 N–H and O–H groups in total. The Morgan fingerprint density at radius 2 is 1.73 bits per heavy atom. The van der Waals surface area contributed by atoms with Crippen molar-refractivity contribution < 1.29 is 28.5 Å². The van der Waals surface area contributed by atoms with Crippen LogP contribution in [-0.2, 0) is 7.05 Å². The number of halogens is 1. The molecular weight excluding hydrogens is 255 g/mol. The van der Waals surface area contributed by atoms with Gasteiger partial charge >= 0.3 is 0 Å². The summed E-state index contributed by atoms with van der Waals surface area (Å²) in [5.74, 6) is 0. The van der Waals surface area contributed by atoms with E-state index in [1.807, 2.05) is 14.0 Å². The third-order valence-electron chi connectivity index (χ3n) is 0.631. The van der Waals surface area contributed by atoms with Crippen LogP contribution in [0.4, 0.5) is 0 Å². The minimum atomic E-state index is 0. The maximum Gasteiger partial charge on any atom is 0.263 e. The van der Waals surface area contributed by atoms with Crippen LogP contribution in [0.1, 0.15) is 6.92 Å². The van der Waals surface area contributed by atoms with Crippen molar-refractivity contribution in [3.63, 3.8) is 0 Å². The number of nitrogens with zero attached hydrogens (tertiary/aromatic N) is 3. The van der Waals surface area contributed by atoms with Gasteiger partial charge in [0.05, 0.1) is 7.05 Å². The Labute approximate surface area is 83.9 Å². The maximum atomic E-state index is 4.85. The van der Waals surface area contributed by atoms with Gasteiger partial charge in [0.25, 0.3) is 6.33 Å². The van der Waals surface area contributed by atoms with Gasteiger partial charge in [-0.05, 0) is 6.54 Å². The molecule has 64 valence electrons. The molecule has 1 aromatic rings. The summed E-state index contributed by atoms with van der Waals surface area (Å²) in [4.78, 5) is 7.47. The number of nitrogens with two attached hydrogens (primary N) is 1. The molecule has 0 fully saturated rings. The van der Waals surface area contributed by atoms with E-state index in [2.05, 4.69) is 9.97 Å². The minimum absolute atomic E-state index is 0. The van der Waals surface area contributed by atoms with Crippen molar-refractivity contribution in [2.45, 2.75) is 6.92 Å². The predicted molar refractivity (Wildman–Crippen MR) is 37.9 cm³/mol. The first kappa shape index (κ1) is 13.3. The fourth-order valence-corrected chi connectivity index (χ4v) is 0.338. The zero-order chi connectivity index (χ0) is 7.82. The zero-order valence-corrected chi connectivity index (χ0v) is 8.89. The fourth-order valence-electron chi connectivity index (χ4n) is 0.338. The van der Waals surface area contributed by atoms with E-state index in [1.165, 1.54) is 6.33 Å². The number of aryl methyl sites for hydroxylation is 1. The first-order valence-corrected chi connectivity index (χ1v) is 3.11. The van der Waals surface area contributed by atoms with Crippen molar-refractivity contribution in [1.82, 2.24) is 9.97 Å².